The van der Waals surface area contributed by atoms with Crippen molar-refractivity contribution >= 4 is 43.8 Å². The van der Waals surface area contributed by atoms with Crippen LogP contribution in [0.4, 0.5) is 0 Å². The summed E-state index contributed by atoms with van der Waals surface area (Å²) in [6, 6.07) is 13.9. The third-order valence-electron chi connectivity index (χ3n) is 2.92. The third-order valence-corrected chi connectivity index (χ3v) is 4.59. The van der Waals surface area contributed by atoms with Crippen molar-refractivity contribution in [3.8, 4) is 0 Å². The van der Waals surface area contributed by atoms with Gasteiger partial charge in [-0.15, -0.1) is 11.3 Å². The maximum absolute atomic E-state index is 12.1. The maximum atomic E-state index is 12.1. The molecule has 3 aromatic rings. The Hall–Kier alpha value is -1.52. The summed E-state index contributed by atoms with van der Waals surface area (Å²) >= 11 is 4.85. The van der Waals surface area contributed by atoms with Crippen LogP contribution in [0.15, 0.2) is 58.6 Å². The van der Waals surface area contributed by atoms with Crippen LogP contribution in [0.2, 0.25) is 0 Å². The summed E-state index contributed by atoms with van der Waals surface area (Å²) < 4.78 is 2.91. The molecule has 0 fully saturated rings. The lowest BCUT2D eigenvalue weighted by Gasteiger charge is -1.98. The zero-order chi connectivity index (χ0) is 13.2. The summed E-state index contributed by atoms with van der Waals surface area (Å²) in [5.74, 6) is 0.135. The van der Waals surface area contributed by atoms with Gasteiger partial charge in [-0.25, -0.2) is 0 Å². The first-order chi connectivity index (χ1) is 9.22. The largest absolute Gasteiger partial charge is 0.286 e. The maximum Gasteiger partial charge on any atom is 0.237 e. The molecular formula is C15H11BrNOS+. The minimum absolute atomic E-state index is 0.135. The highest BCUT2D eigenvalue weighted by Crippen LogP contribution is 2.22. The average molecular weight is 333 g/mol. The molecule has 0 unspecified atom stereocenters. The average Bonchev–Trinajstić information content (AvgIpc) is 2.85. The Labute approximate surface area is 123 Å². The van der Waals surface area contributed by atoms with Gasteiger partial charge in [-0.2, -0.15) is 4.57 Å². The number of aromatic nitrogens is 1. The van der Waals surface area contributed by atoms with E-state index in [9.17, 15) is 4.79 Å². The highest BCUT2D eigenvalue weighted by molar-refractivity contribution is 9.11. The number of carbonyl (C=O) groups excluding carboxylic acids is 1. The Kier molecular flexibility index (Phi) is 3.44. The number of benzene rings is 1. The van der Waals surface area contributed by atoms with Crippen LogP contribution < -0.4 is 4.57 Å². The second-order valence-corrected chi connectivity index (χ2v) is 6.74. The normalized spacial score (nSPS) is 10.8. The fourth-order valence-corrected chi connectivity index (χ4v) is 3.30. The minimum atomic E-state index is 0.135. The summed E-state index contributed by atoms with van der Waals surface area (Å²) in [4.78, 5) is 12.9. The number of ketones is 1. The second-order valence-electron chi connectivity index (χ2n) is 4.27. The lowest BCUT2D eigenvalue weighted by atomic mass is 10.2. The lowest BCUT2D eigenvalue weighted by Crippen LogP contribution is -2.36. The molecule has 0 N–H and O–H groups in total. The smallest absolute Gasteiger partial charge is 0.237 e. The summed E-state index contributed by atoms with van der Waals surface area (Å²) in [5.41, 5.74) is 0. The Morgan fingerprint density at radius 3 is 2.63 bits per heavy atom. The van der Waals surface area contributed by atoms with E-state index < -0.39 is 0 Å². The molecule has 4 heteroatoms. The Morgan fingerprint density at radius 2 is 1.89 bits per heavy atom. The van der Waals surface area contributed by atoms with Crippen LogP contribution in [0, 0.1) is 0 Å². The number of pyridine rings is 1. The molecule has 0 bridgehead atoms. The SMILES string of the molecule is O=C(C[n+]1ccc2ccccc2c1)c1ccc(Br)s1. The molecule has 3 rings (SSSR count). The van der Waals surface area contributed by atoms with Gasteiger partial charge in [-0.1, -0.05) is 18.2 Å². The van der Waals surface area contributed by atoms with Crippen molar-refractivity contribution in [2.24, 2.45) is 0 Å². The molecule has 0 aliphatic rings. The molecule has 0 amide bonds. The van der Waals surface area contributed by atoms with Gasteiger partial charge >= 0.3 is 0 Å². The molecule has 0 aliphatic carbocycles. The van der Waals surface area contributed by atoms with E-state index in [1.165, 1.54) is 16.7 Å². The summed E-state index contributed by atoms with van der Waals surface area (Å²) in [5, 5.41) is 2.33. The van der Waals surface area contributed by atoms with Gasteiger partial charge in [0.15, 0.2) is 12.4 Å². The van der Waals surface area contributed by atoms with Crippen LogP contribution >= 0.6 is 27.3 Å². The molecule has 0 spiro atoms. The third kappa shape index (κ3) is 2.74. The molecular weight excluding hydrogens is 322 g/mol. The number of nitrogens with zero attached hydrogens (tertiary/aromatic N) is 1. The summed E-state index contributed by atoms with van der Waals surface area (Å²) in [7, 11) is 0. The van der Waals surface area contributed by atoms with Crippen LogP contribution in [0.25, 0.3) is 10.8 Å². The molecule has 1 aromatic carbocycles. The van der Waals surface area contributed by atoms with E-state index in [4.69, 9.17) is 0 Å². The minimum Gasteiger partial charge on any atom is -0.286 e. The number of carbonyl (C=O) groups is 1. The molecule has 0 aliphatic heterocycles. The summed E-state index contributed by atoms with van der Waals surface area (Å²) in [6.45, 7) is 0.373. The molecule has 2 heterocycles. The quantitative estimate of drug-likeness (QED) is 0.527. The first-order valence-electron chi connectivity index (χ1n) is 5.89. The first kappa shape index (κ1) is 12.5. The Bertz CT molecular complexity index is 750. The number of fused-ring (bicyclic) bond motifs is 1. The van der Waals surface area contributed by atoms with E-state index in [0.29, 0.717) is 6.54 Å². The fourth-order valence-electron chi connectivity index (χ4n) is 1.98. The fraction of sp³-hybridized carbons (Fsp3) is 0.0667. The van der Waals surface area contributed by atoms with E-state index in [0.717, 1.165) is 14.0 Å². The predicted octanol–water partition coefficient (Wildman–Crippen LogP) is 3.83. The molecule has 0 atom stereocenters. The highest BCUT2D eigenvalue weighted by atomic mass is 79.9. The van der Waals surface area contributed by atoms with Gasteiger partial charge in [0.2, 0.25) is 12.3 Å². The topological polar surface area (TPSA) is 20.9 Å². The second kappa shape index (κ2) is 5.23. The number of halogens is 1. The predicted molar refractivity (Wildman–Crippen MR) is 80.5 cm³/mol. The van der Waals surface area contributed by atoms with Gasteiger partial charge < -0.3 is 0 Å². The monoisotopic (exact) mass is 332 g/mol. The van der Waals surface area contributed by atoms with Crippen LogP contribution in [-0.4, -0.2) is 5.78 Å². The number of hydrogen-bond acceptors (Lipinski definition) is 2. The first-order valence-corrected chi connectivity index (χ1v) is 7.50. The zero-order valence-corrected chi connectivity index (χ0v) is 12.4. The number of hydrogen-bond donors (Lipinski definition) is 0. The molecule has 0 radical (unpaired) electrons. The van der Waals surface area contributed by atoms with Crippen molar-refractivity contribution in [1.29, 1.82) is 0 Å². The van der Waals surface area contributed by atoms with E-state index in [1.54, 1.807) is 0 Å². The van der Waals surface area contributed by atoms with Gasteiger partial charge in [0, 0.05) is 11.5 Å². The lowest BCUT2D eigenvalue weighted by molar-refractivity contribution is -0.681. The summed E-state index contributed by atoms with van der Waals surface area (Å²) in [6.07, 6.45) is 3.96. The van der Waals surface area contributed by atoms with Crippen molar-refractivity contribution in [1.82, 2.24) is 0 Å². The van der Waals surface area contributed by atoms with Gasteiger partial charge in [0.05, 0.1) is 8.66 Å². The van der Waals surface area contributed by atoms with Crippen molar-refractivity contribution in [3.63, 3.8) is 0 Å². The number of thiophene rings is 1. The van der Waals surface area contributed by atoms with Crippen molar-refractivity contribution in [2.75, 3.05) is 0 Å². The number of rotatable bonds is 3. The van der Waals surface area contributed by atoms with Crippen LogP contribution in [0.3, 0.4) is 0 Å². The van der Waals surface area contributed by atoms with Crippen LogP contribution in [-0.2, 0) is 6.54 Å². The van der Waals surface area contributed by atoms with E-state index in [2.05, 4.69) is 28.1 Å². The highest BCUT2D eigenvalue weighted by Gasteiger charge is 2.14. The van der Waals surface area contributed by atoms with E-state index in [1.807, 2.05) is 47.3 Å². The molecule has 0 saturated carbocycles. The van der Waals surface area contributed by atoms with Crippen molar-refractivity contribution in [2.45, 2.75) is 6.54 Å². The van der Waals surface area contributed by atoms with Crippen LogP contribution in [0.5, 0.6) is 0 Å². The molecule has 2 aromatic heterocycles. The Balaban J connectivity index is 1.87. The van der Waals surface area contributed by atoms with Gasteiger partial charge in [-0.3, -0.25) is 4.79 Å². The van der Waals surface area contributed by atoms with Crippen LogP contribution in [0.1, 0.15) is 9.67 Å². The molecule has 0 saturated heterocycles. The molecule has 94 valence electrons. The van der Waals surface area contributed by atoms with Gasteiger partial charge in [0.25, 0.3) is 0 Å². The van der Waals surface area contributed by atoms with Gasteiger partial charge in [-0.05, 0) is 39.5 Å². The molecule has 2 nitrogen and oxygen atoms in total. The van der Waals surface area contributed by atoms with E-state index >= 15 is 0 Å². The van der Waals surface area contributed by atoms with Crippen molar-refractivity contribution < 1.29 is 9.36 Å². The zero-order valence-electron chi connectivity index (χ0n) is 10.0. The Morgan fingerprint density at radius 1 is 1.11 bits per heavy atom. The van der Waals surface area contributed by atoms with E-state index in [-0.39, 0.29) is 5.78 Å². The molecule has 19 heavy (non-hydrogen) atoms. The van der Waals surface area contributed by atoms with Crippen molar-refractivity contribution in [3.05, 3.63) is 63.5 Å². The number of Topliss-reactive ketones (excluding diaryl/α,β-unsaturated/α-hetero) is 1. The standard InChI is InChI=1S/C15H11BrNOS/c16-15-6-5-14(19-15)13(18)10-17-8-7-11-3-1-2-4-12(11)9-17/h1-9H,10H2/q+1. The van der Waals surface area contributed by atoms with Gasteiger partial charge in [0.1, 0.15) is 0 Å².